The molecule has 4 heteroatoms. The number of rotatable bonds is 5. The Morgan fingerprint density at radius 3 is 3.00 bits per heavy atom. The molecule has 0 saturated carbocycles. The van der Waals surface area contributed by atoms with Gasteiger partial charge in [0.05, 0.1) is 17.5 Å². The normalized spacial score (nSPS) is 20.6. The molecule has 1 aromatic carbocycles. The lowest BCUT2D eigenvalue weighted by atomic mass is 9.87. The first kappa shape index (κ1) is 18.2. The molecule has 2 N–H and O–H groups in total. The lowest BCUT2D eigenvalue weighted by Crippen LogP contribution is -2.35. The Balaban J connectivity index is 1.96. The third kappa shape index (κ3) is 3.64. The molecule has 2 heterocycles. The minimum Gasteiger partial charge on any atom is -0.377 e. The maximum atomic E-state index is 14.1. The Bertz CT molecular complexity index is 830. The minimum atomic E-state index is -0.274. The summed E-state index contributed by atoms with van der Waals surface area (Å²) in [6.07, 6.45) is 12.4. The molecule has 1 aromatic rings. The van der Waals surface area contributed by atoms with E-state index >= 15 is 0 Å². The SMILES string of the molecule is C=C1NN=C2CC(C(/C=C\C)=C/C=C\C(C)CC)Nc3cc(F)cc1c32. The standard InChI is InChI=1S/C22H26FN3/c1-5-8-16(10-7-9-14(3)6-2)19-13-21-22-18(15(4)25-26-21)11-17(23)12-20(22)24-19/h5,7-12,14,19,24-25H,4,6,13H2,1-3H3/b8-5-,9-7-,16-10+. The van der Waals surface area contributed by atoms with Crippen LogP contribution in [0.4, 0.5) is 10.1 Å². The molecule has 26 heavy (non-hydrogen) atoms. The van der Waals surface area contributed by atoms with Gasteiger partial charge in [-0.2, -0.15) is 5.10 Å². The van der Waals surface area contributed by atoms with E-state index in [4.69, 9.17) is 0 Å². The van der Waals surface area contributed by atoms with Crippen LogP contribution < -0.4 is 10.7 Å². The Labute approximate surface area is 155 Å². The third-order valence-corrected chi connectivity index (χ3v) is 4.90. The van der Waals surface area contributed by atoms with Gasteiger partial charge in [-0.1, -0.05) is 57.2 Å². The minimum absolute atomic E-state index is 0.0434. The third-order valence-electron chi connectivity index (χ3n) is 4.90. The van der Waals surface area contributed by atoms with Crippen molar-refractivity contribution in [2.45, 2.75) is 39.7 Å². The van der Waals surface area contributed by atoms with E-state index in [1.54, 1.807) is 6.07 Å². The molecule has 0 amide bonds. The average Bonchev–Trinajstić information content (AvgIpc) is 2.63. The summed E-state index contributed by atoms with van der Waals surface area (Å²) >= 11 is 0. The molecule has 3 nitrogen and oxygen atoms in total. The number of hydrazone groups is 1. The van der Waals surface area contributed by atoms with Gasteiger partial charge in [-0.25, -0.2) is 4.39 Å². The van der Waals surface area contributed by atoms with Gasteiger partial charge in [0, 0.05) is 23.2 Å². The number of nitrogens with zero attached hydrogens (tertiary/aromatic N) is 1. The number of nitrogens with one attached hydrogen (secondary N) is 2. The second-order valence-electron chi connectivity index (χ2n) is 6.86. The fourth-order valence-corrected chi connectivity index (χ4v) is 3.27. The van der Waals surface area contributed by atoms with Crippen LogP contribution >= 0.6 is 0 Å². The molecule has 2 atom stereocenters. The number of hydrogen-bond acceptors (Lipinski definition) is 3. The van der Waals surface area contributed by atoms with Crippen LogP contribution in [-0.2, 0) is 0 Å². The summed E-state index contributed by atoms with van der Waals surface area (Å²) in [4.78, 5) is 0. The molecule has 0 aromatic heterocycles. The molecule has 136 valence electrons. The highest BCUT2D eigenvalue weighted by Crippen LogP contribution is 2.36. The second-order valence-corrected chi connectivity index (χ2v) is 6.86. The summed E-state index contributed by atoms with van der Waals surface area (Å²) in [7, 11) is 0. The summed E-state index contributed by atoms with van der Waals surface area (Å²) in [5, 5.41) is 7.95. The van der Waals surface area contributed by atoms with Crippen molar-refractivity contribution >= 4 is 17.1 Å². The molecule has 3 rings (SSSR count). The van der Waals surface area contributed by atoms with Gasteiger partial charge in [-0.15, -0.1) is 0 Å². The van der Waals surface area contributed by atoms with Crippen molar-refractivity contribution < 1.29 is 4.39 Å². The second kappa shape index (κ2) is 7.73. The Kier molecular flexibility index (Phi) is 5.40. The zero-order valence-corrected chi connectivity index (χ0v) is 15.6. The summed E-state index contributed by atoms with van der Waals surface area (Å²) in [5.41, 5.74) is 8.17. The van der Waals surface area contributed by atoms with E-state index in [0.717, 1.165) is 40.9 Å². The maximum Gasteiger partial charge on any atom is 0.125 e. The Morgan fingerprint density at radius 1 is 1.46 bits per heavy atom. The Morgan fingerprint density at radius 2 is 2.27 bits per heavy atom. The highest BCUT2D eigenvalue weighted by atomic mass is 19.1. The quantitative estimate of drug-likeness (QED) is 0.698. The van der Waals surface area contributed by atoms with E-state index in [-0.39, 0.29) is 11.9 Å². The van der Waals surface area contributed by atoms with Gasteiger partial charge < -0.3 is 5.32 Å². The first-order valence-electron chi connectivity index (χ1n) is 9.16. The number of hydrogen-bond donors (Lipinski definition) is 2. The van der Waals surface area contributed by atoms with Gasteiger partial charge in [-0.05, 0) is 30.5 Å². The van der Waals surface area contributed by atoms with Crippen molar-refractivity contribution in [3.63, 3.8) is 0 Å². The summed E-state index contributed by atoms with van der Waals surface area (Å²) < 4.78 is 14.1. The summed E-state index contributed by atoms with van der Waals surface area (Å²) in [6.45, 7) is 10.3. The molecular formula is C22H26FN3. The highest BCUT2D eigenvalue weighted by Gasteiger charge is 2.30. The number of benzene rings is 1. The van der Waals surface area contributed by atoms with Crippen LogP contribution in [0.1, 0.15) is 44.7 Å². The van der Waals surface area contributed by atoms with Crippen molar-refractivity contribution in [1.82, 2.24) is 5.43 Å². The van der Waals surface area contributed by atoms with E-state index in [1.165, 1.54) is 6.07 Å². The van der Waals surface area contributed by atoms with Crippen molar-refractivity contribution in [2.24, 2.45) is 11.0 Å². The zero-order chi connectivity index (χ0) is 18.7. The zero-order valence-electron chi connectivity index (χ0n) is 15.6. The molecule has 0 aliphatic carbocycles. The van der Waals surface area contributed by atoms with Crippen LogP contribution in [0, 0.1) is 11.7 Å². The largest absolute Gasteiger partial charge is 0.377 e. The predicted octanol–water partition coefficient (Wildman–Crippen LogP) is 5.39. The highest BCUT2D eigenvalue weighted by molar-refractivity contribution is 6.12. The Hall–Kier alpha value is -2.62. The number of anilines is 1. The van der Waals surface area contributed by atoms with E-state index in [2.05, 4.69) is 60.6 Å². The summed E-state index contributed by atoms with van der Waals surface area (Å²) in [5.74, 6) is 0.275. The lowest BCUT2D eigenvalue weighted by Gasteiger charge is -2.33. The van der Waals surface area contributed by atoms with Crippen LogP contribution in [0.15, 0.2) is 59.8 Å². The van der Waals surface area contributed by atoms with Crippen LogP contribution in [0.5, 0.6) is 0 Å². The lowest BCUT2D eigenvalue weighted by molar-refractivity contribution is 0.626. The molecule has 0 saturated heterocycles. The molecule has 2 aliphatic rings. The van der Waals surface area contributed by atoms with Crippen molar-refractivity contribution in [3.8, 4) is 0 Å². The first-order valence-corrected chi connectivity index (χ1v) is 9.16. The molecule has 2 aliphatic heterocycles. The predicted molar refractivity (Wildman–Crippen MR) is 109 cm³/mol. The maximum absolute atomic E-state index is 14.1. The first-order chi connectivity index (χ1) is 12.5. The number of allylic oxidation sites excluding steroid dienone is 4. The van der Waals surface area contributed by atoms with Gasteiger partial charge in [0.2, 0.25) is 0 Å². The molecule has 0 spiro atoms. The average molecular weight is 351 g/mol. The van der Waals surface area contributed by atoms with Crippen LogP contribution in [0.25, 0.3) is 5.70 Å². The fraction of sp³-hybridized carbons (Fsp3) is 0.318. The molecule has 0 radical (unpaired) electrons. The van der Waals surface area contributed by atoms with Crippen LogP contribution in [0.3, 0.4) is 0 Å². The van der Waals surface area contributed by atoms with Gasteiger partial charge >= 0.3 is 0 Å². The van der Waals surface area contributed by atoms with Gasteiger partial charge in [0.15, 0.2) is 0 Å². The number of halogens is 1. The summed E-state index contributed by atoms with van der Waals surface area (Å²) in [6, 6.07) is 3.10. The van der Waals surface area contributed by atoms with Crippen LogP contribution in [0.2, 0.25) is 0 Å². The van der Waals surface area contributed by atoms with Crippen molar-refractivity contribution in [2.75, 3.05) is 5.32 Å². The van der Waals surface area contributed by atoms with E-state index in [1.807, 2.05) is 13.0 Å². The van der Waals surface area contributed by atoms with Crippen LogP contribution in [-0.4, -0.2) is 11.8 Å². The van der Waals surface area contributed by atoms with E-state index < -0.39 is 0 Å². The van der Waals surface area contributed by atoms with E-state index in [0.29, 0.717) is 11.6 Å². The van der Waals surface area contributed by atoms with Gasteiger partial charge in [0.1, 0.15) is 5.82 Å². The molecular weight excluding hydrogens is 325 g/mol. The smallest absolute Gasteiger partial charge is 0.125 e. The van der Waals surface area contributed by atoms with Gasteiger partial charge in [-0.3, -0.25) is 5.43 Å². The van der Waals surface area contributed by atoms with Crippen molar-refractivity contribution in [3.05, 3.63) is 71.6 Å². The molecule has 0 fully saturated rings. The topological polar surface area (TPSA) is 36.4 Å². The molecule has 2 unspecified atom stereocenters. The van der Waals surface area contributed by atoms with Crippen molar-refractivity contribution in [1.29, 1.82) is 0 Å². The fourth-order valence-electron chi connectivity index (χ4n) is 3.27. The molecule has 0 bridgehead atoms. The monoisotopic (exact) mass is 351 g/mol. The van der Waals surface area contributed by atoms with E-state index in [9.17, 15) is 4.39 Å². The van der Waals surface area contributed by atoms with Gasteiger partial charge in [0.25, 0.3) is 0 Å².